The summed E-state index contributed by atoms with van der Waals surface area (Å²) in [5.74, 6) is -2.20. The van der Waals surface area contributed by atoms with Gasteiger partial charge in [0, 0.05) is 18.0 Å². The molecule has 0 spiro atoms. The fourth-order valence-electron chi connectivity index (χ4n) is 2.90. The van der Waals surface area contributed by atoms with Crippen LogP contribution in [0.3, 0.4) is 0 Å². The van der Waals surface area contributed by atoms with Crippen LogP contribution in [-0.2, 0) is 20.8 Å². The lowest BCUT2D eigenvalue weighted by Gasteiger charge is -2.20. The van der Waals surface area contributed by atoms with E-state index in [1.54, 1.807) is 24.3 Å². The van der Waals surface area contributed by atoms with E-state index in [9.17, 15) is 19.2 Å². The maximum absolute atomic E-state index is 12.5. The van der Waals surface area contributed by atoms with Crippen molar-refractivity contribution in [1.82, 2.24) is 10.2 Å². The predicted octanol–water partition coefficient (Wildman–Crippen LogP) is 0.581. The van der Waals surface area contributed by atoms with Crippen LogP contribution in [0.25, 0.3) is 0 Å². The van der Waals surface area contributed by atoms with E-state index in [2.05, 4.69) is 5.32 Å². The molecule has 3 rings (SSSR count). The Kier molecular flexibility index (Phi) is 4.33. The second kappa shape index (κ2) is 6.43. The number of benzene rings is 1. The number of nitrogens with one attached hydrogen (secondary N) is 1. The highest BCUT2D eigenvalue weighted by Crippen LogP contribution is 2.28. The molecular weight excluding hydrogens is 312 g/mol. The summed E-state index contributed by atoms with van der Waals surface area (Å²) >= 11 is 0. The second-order valence-electron chi connectivity index (χ2n) is 6.27. The lowest BCUT2D eigenvalue weighted by molar-refractivity contribution is -0.138. The summed E-state index contributed by atoms with van der Waals surface area (Å²) < 4.78 is 0. The summed E-state index contributed by atoms with van der Waals surface area (Å²) in [6, 6.07) is 6.79. The second-order valence-corrected chi connectivity index (χ2v) is 6.27. The number of carbonyl (C=O) groups excluding carboxylic acids is 3. The molecule has 0 bridgehead atoms. The fourth-order valence-corrected chi connectivity index (χ4v) is 2.90. The molecule has 1 aliphatic carbocycles. The van der Waals surface area contributed by atoms with E-state index in [0.29, 0.717) is 12.0 Å². The molecule has 24 heavy (non-hydrogen) atoms. The highest BCUT2D eigenvalue weighted by molar-refractivity contribution is 6.03. The minimum atomic E-state index is -1.02. The van der Waals surface area contributed by atoms with Crippen LogP contribution >= 0.6 is 0 Å². The lowest BCUT2D eigenvalue weighted by atomic mass is 9.97. The molecule has 1 heterocycles. The zero-order chi connectivity index (χ0) is 17.3. The summed E-state index contributed by atoms with van der Waals surface area (Å²) in [6.45, 7) is -0.296. The summed E-state index contributed by atoms with van der Waals surface area (Å²) in [4.78, 5) is 47.6. The molecule has 7 heteroatoms. The van der Waals surface area contributed by atoms with Crippen molar-refractivity contribution in [3.8, 4) is 0 Å². The van der Waals surface area contributed by atoms with Crippen molar-refractivity contribution in [2.45, 2.75) is 31.7 Å². The van der Waals surface area contributed by atoms with E-state index < -0.39 is 5.97 Å². The number of carboxylic acid groups (broad SMARTS) is 1. The Morgan fingerprint density at radius 2 is 1.83 bits per heavy atom. The van der Waals surface area contributed by atoms with Crippen molar-refractivity contribution in [2.24, 2.45) is 5.92 Å². The molecule has 0 aromatic heterocycles. The van der Waals surface area contributed by atoms with Gasteiger partial charge in [-0.2, -0.15) is 0 Å². The van der Waals surface area contributed by atoms with Crippen LogP contribution in [0.15, 0.2) is 24.3 Å². The average molecular weight is 330 g/mol. The number of imide groups is 1. The molecule has 1 aromatic rings. The Hall–Kier alpha value is -2.70. The molecule has 1 unspecified atom stereocenters. The molecule has 2 N–H and O–H groups in total. The molecule has 2 fully saturated rings. The van der Waals surface area contributed by atoms with Gasteiger partial charge in [-0.25, -0.2) is 0 Å². The van der Waals surface area contributed by atoms with E-state index in [-0.39, 0.29) is 42.6 Å². The van der Waals surface area contributed by atoms with Crippen molar-refractivity contribution in [2.75, 3.05) is 6.54 Å². The van der Waals surface area contributed by atoms with Crippen LogP contribution in [-0.4, -0.2) is 46.3 Å². The maximum Gasteiger partial charge on any atom is 0.323 e. The Morgan fingerprint density at radius 1 is 1.17 bits per heavy atom. The number of rotatable bonds is 6. The van der Waals surface area contributed by atoms with Gasteiger partial charge in [0.15, 0.2) is 0 Å². The zero-order valence-electron chi connectivity index (χ0n) is 13.0. The van der Waals surface area contributed by atoms with Crippen LogP contribution in [0.4, 0.5) is 0 Å². The number of hydrogen-bond acceptors (Lipinski definition) is 4. The van der Waals surface area contributed by atoms with Gasteiger partial charge in [0.2, 0.25) is 11.8 Å². The molecule has 1 atom stereocenters. The fraction of sp³-hybridized carbons (Fsp3) is 0.412. The summed E-state index contributed by atoms with van der Waals surface area (Å²) in [5, 5.41) is 11.2. The molecule has 1 saturated carbocycles. The highest BCUT2D eigenvalue weighted by atomic mass is 16.4. The number of carboxylic acids is 1. The Labute approximate surface area is 138 Å². The van der Waals surface area contributed by atoms with Gasteiger partial charge in [0.1, 0.15) is 6.54 Å². The molecule has 126 valence electrons. The number of nitrogens with zero attached hydrogens (tertiary/aromatic N) is 1. The average Bonchev–Trinajstić information content (AvgIpc) is 3.31. The van der Waals surface area contributed by atoms with Crippen molar-refractivity contribution in [1.29, 1.82) is 0 Å². The SMILES string of the molecule is O=C(O)CN(C(=O)c1ccc(CC2CC(=O)NC2=O)cc1)C1CC1. The van der Waals surface area contributed by atoms with Crippen molar-refractivity contribution in [3.05, 3.63) is 35.4 Å². The Bertz CT molecular complexity index is 693. The Morgan fingerprint density at radius 3 is 2.33 bits per heavy atom. The topological polar surface area (TPSA) is 104 Å². The summed E-state index contributed by atoms with van der Waals surface area (Å²) in [6.07, 6.45) is 2.30. The molecule has 1 saturated heterocycles. The molecule has 1 aromatic carbocycles. The van der Waals surface area contributed by atoms with E-state index in [0.717, 1.165) is 18.4 Å². The maximum atomic E-state index is 12.5. The van der Waals surface area contributed by atoms with Gasteiger partial charge >= 0.3 is 5.97 Å². The van der Waals surface area contributed by atoms with Gasteiger partial charge in [-0.05, 0) is 37.0 Å². The van der Waals surface area contributed by atoms with E-state index in [4.69, 9.17) is 5.11 Å². The van der Waals surface area contributed by atoms with Gasteiger partial charge in [-0.15, -0.1) is 0 Å². The summed E-state index contributed by atoms with van der Waals surface area (Å²) in [7, 11) is 0. The third kappa shape index (κ3) is 3.61. The zero-order valence-corrected chi connectivity index (χ0v) is 13.0. The van der Waals surface area contributed by atoms with Crippen molar-refractivity contribution >= 4 is 23.7 Å². The van der Waals surface area contributed by atoms with Gasteiger partial charge in [-0.3, -0.25) is 24.5 Å². The molecule has 2 aliphatic rings. The first-order valence-corrected chi connectivity index (χ1v) is 7.89. The predicted molar refractivity (Wildman–Crippen MR) is 83.1 cm³/mol. The summed E-state index contributed by atoms with van der Waals surface area (Å²) in [5.41, 5.74) is 1.29. The standard InChI is InChI=1S/C17H18N2O5/c20-14-8-12(16(23)18-14)7-10-1-3-11(4-2-10)17(24)19(9-15(21)22)13-5-6-13/h1-4,12-13H,5-9H2,(H,21,22)(H,18,20,23). The molecule has 0 radical (unpaired) electrons. The number of hydrogen-bond donors (Lipinski definition) is 2. The largest absolute Gasteiger partial charge is 0.480 e. The van der Waals surface area contributed by atoms with Gasteiger partial charge in [0.25, 0.3) is 5.91 Å². The first-order valence-electron chi connectivity index (χ1n) is 7.89. The van der Waals surface area contributed by atoms with Crippen molar-refractivity contribution in [3.63, 3.8) is 0 Å². The highest BCUT2D eigenvalue weighted by Gasteiger charge is 2.34. The third-order valence-corrected chi connectivity index (χ3v) is 4.30. The lowest BCUT2D eigenvalue weighted by Crippen LogP contribution is -2.37. The first kappa shape index (κ1) is 16.2. The minimum absolute atomic E-state index is 0.0153. The van der Waals surface area contributed by atoms with Gasteiger partial charge < -0.3 is 10.0 Å². The van der Waals surface area contributed by atoms with Crippen LogP contribution in [0, 0.1) is 5.92 Å². The smallest absolute Gasteiger partial charge is 0.323 e. The van der Waals surface area contributed by atoms with Crippen LogP contribution in [0.1, 0.15) is 35.2 Å². The van der Waals surface area contributed by atoms with Gasteiger partial charge in [0.05, 0.1) is 5.92 Å². The Balaban J connectivity index is 1.67. The van der Waals surface area contributed by atoms with E-state index in [1.165, 1.54) is 4.90 Å². The normalized spacial score (nSPS) is 19.9. The van der Waals surface area contributed by atoms with Crippen molar-refractivity contribution < 1.29 is 24.3 Å². The molecular formula is C17H18N2O5. The minimum Gasteiger partial charge on any atom is -0.480 e. The van der Waals surface area contributed by atoms with Crippen LogP contribution < -0.4 is 5.32 Å². The monoisotopic (exact) mass is 330 g/mol. The van der Waals surface area contributed by atoms with Crippen LogP contribution in [0.5, 0.6) is 0 Å². The third-order valence-electron chi connectivity index (χ3n) is 4.30. The molecule has 1 aliphatic heterocycles. The first-order chi connectivity index (χ1) is 11.4. The van der Waals surface area contributed by atoms with Gasteiger partial charge in [-0.1, -0.05) is 12.1 Å². The molecule has 3 amide bonds. The molecule has 7 nitrogen and oxygen atoms in total. The van der Waals surface area contributed by atoms with E-state index in [1.807, 2.05) is 0 Å². The quantitative estimate of drug-likeness (QED) is 0.743. The number of aliphatic carboxylic acids is 1. The number of amides is 3. The van der Waals surface area contributed by atoms with Crippen LogP contribution in [0.2, 0.25) is 0 Å². The van der Waals surface area contributed by atoms with E-state index >= 15 is 0 Å². The number of carbonyl (C=O) groups is 4.